The van der Waals surface area contributed by atoms with E-state index in [9.17, 15) is 9.59 Å². The molecular weight excluding hydrogens is 278 g/mol. The average Bonchev–Trinajstić information content (AvgIpc) is 3.04. The fourth-order valence-electron chi connectivity index (χ4n) is 2.64. The Morgan fingerprint density at radius 3 is 2.91 bits per heavy atom. The molecule has 1 heterocycles. The molecule has 1 saturated heterocycles. The molecule has 0 aromatic heterocycles. The van der Waals surface area contributed by atoms with Crippen molar-refractivity contribution in [3.63, 3.8) is 0 Å². The number of carbonyl (C=O) groups is 2. The van der Waals surface area contributed by atoms with Crippen LogP contribution in [-0.2, 0) is 16.0 Å². The van der Waals surface area contributed by atoms with Gasteiger partial charge in [0.15, 0.2) is 0 Å². The molecule has 2 amide bonds. The van der Waals surface area contributed by atoms with Gasteiger partial charge in [0.2, 0.25) is 11.8 Å². The van der Waals surface area contributed by atoms with Gasteiger partial charge in [-0.1, -0.05) is 19.1 Å². The summed E-state index contributed by atoms with van der Waals surface area (Å²) < 4.78 is 0. The number of carbonyl (C=O) groups excluding carboxylic acids is 2. The van der Waals surface area contributed by atoms with E-state index in [0.717, 1.165) is 38.0 Å². The number of nitrogens with one attached hydrogen (secondary N) is 3. The van der Waals surface area contributed by atoms with Crippen LogP contribution in [0.4, 0.5) is 5.69 Å². The van der Waals surface area contributed by atoms with Crippen LogP contribution in [0.2, 0.25) is 0 Å². The van der Waals surface area contributed by atoms with E-state index < -0.39 is 0 Å². The van der Waals surface area contributed by atoms with Crippen molar-refractivity contribution in [3.8, 4) is 0 Å². The Bertz CT molecular complexity index is 510. The summed E-state index contributed by atoms with van der Waals surface area (Å²) in [7, 11) is 0. The van der Waals surface area contributed by atoms with Gasteiger partial charge in [-0.25, -0.2) is 0 Å². The first-order chi connectivity index (χ1) is 10.7. The monoisotopic (exact) mass is 303 g/mol. The van der Waals surface area contributed by atoms with Crippen LogP contribution in [0.5, 0.6) is 0 Å². The Morgan fingerprint density at radius 2 is 2.18 bits per heavy atom. The van der Waals surface area contributed by atoms with Crippen LogP contribution in [-0.4, -0.2) is 31.4 Å². The maximum Gasteiger partial charge on any atom is 0.243 e. The Morgan fingerprint density at radius 1 is 1.32 bits per heavy atom. The lowest BCUT2D eigenvalue weighted by Gasteiger charge is -2.09. The van der Waals surface area contributed by atoms with Crippen molar-refractivity contribution in [1.29, 1.82) is 0 Å². The zero-order chi connectivity index (χ0) is 15.8. The lowest BCUT2D eigenvalue weighted by atomic mass is 10.0. The summed E-state index contributed by atoms with van der Waals surface area (Å²) >= 11 is 0. The normalized spacial score (nSPS) is 17.2. The molecule has 1 fully saturated rings. The van der Waals surface area contributed by atoms with Crippen molar-refractivity contribution in [3.05, 3.63) is 29.8 Å². The van der Waals surface area contributed by atoms with Crippen LogP contribution in [0.25, 0.3) is 0 Å². The quantitative estimate of drug-likeness (QED) is 0.718. The van der Waals surface area contributed by atoms with Gasteiger partial charge in [0.25, 0.3) is 0 Å². The summed E-state index contributed by atoms with van der Waals surface area (Å²) in [6, 6.07) is 7.75. The Hall–Kier alpha value is -1.88. The van der Waals surface area contributed by atoms with E-state index in [4.69, 9.17) is 0 Å². The van der Waals surface area contributed by atoms with Crippen LogP contribution in [0.1, 0.15) is 31.7 Å². The molecule has 5 heteroatoms. The highest BCUT2D eigenvalue weighted by molar-refractivity contribution is 5.94. The van der Waals surface area contributed by atoms with Gasteiger partial charge in [-0.2, -0.15) is 0 Å². The van der Waals surface area contributed by atoms with E-state index in [0.29, 0.717) is 12.3 Å². The van der Waals surface area contributed by atoms with Gasteiger partial charge in [0, 0.05) is 12.1 Å². The van der Waals surface area contributed by atoms with Crippen molar-refractivity contribution < 1.29 is 9.59 Å². The van der Waals surface area contributed by atoms with E-state index in [1.807, 2.05) is 24.3 Å². The number of aryl methyl sites for hydroxylation is 1. The zero-order valence-corrected chi connectivity index (χ0v) is 13.2. The number of anilines is 1. The van der Waals surface area contributed by atoms with E-state index in [1.165, 1.54) is 5.56 Å². The van der Waals surface area contributed by atoms with Crippen LogP contribution < -0.4 is 16.0 Å². The zero-order valence-electron chi connectivity index (χ0n) is 13.2. The molecule has 5 nitrogen and oxygen atoms in total. The fraction of sp³-hybridized carbons (Fsp3) is 0.529. The first-order valence-corrected chi connectivity index (χ1v) is 8.03. The predicted octanol–water partition coefficient (Wildman–Crippen LogP) is 1.69. The highest BCUT2D eigenvalue weighted by Crippen LogP contribution is 2.14. The molecule has 3 N–H and O–H groups in total. The van der Waals surface area contributed by atoms with E-state index in [-0.39, 0.29) is 18.4 Å². The van der Waals surface area contributed by atoms with E-state index in [1.54, 1.807) is 0 Å². The minimum Gasteiger partial charge on any atom is -0.347 e. The minimum atomic E-state index is -0.191. The molecule has 0 saturated carbocycles. The highest BCUT2D eigenvalue weighted by atomic mass is 16.2. The number of benzene rings is 1. The van der Waals surface area contributed by atoms with Crippen molar-refractivity contribution >= 4 is 17.5 Å². The minimum absolute atomic E-state index is 0.0259. The molecule has 1 aromatic rings. The summed E-state index contributed by atoms with van der Waals surface area (Å²) in [5.74, 6) is 0.352. The predicted molar refractivity (Wildman–Crippen MR) is 87.7 cm³/mol. The van der Waals surface area contributed by atoms with Gasteiger partial charge < -0.3 is 16.0 Å². The van der Waals surface area contributed by atoms with E-state index >= 15 is 0 Å². The standard InChI is InChI=1S/C17H25N3O2/c1-2-13-4-3-5-15(10-13)20-17(22)12-19-16(21)7-6-14-8-9-18-11-14/h3-5,10,14,18H,2,6-9,11-12H2,1H3,(H,19,21)(H,20,22). The number of hydrogen-bond donors (Lipinski definition) is 3. The molecule has 1 aromatic carbocycles. The third-order valence-corrected chi connectivity index (χ3v) is 4.01. The van der Waals surface area contributed by atoms with Crippen LogP contribution in [0.3, 0.4) is 0 Å². The molecule has 22 heavy (non-hydrogen) atoms. The second-order valence-corrected chi connectivity index (χ2v) is 5.78. The van der Waals surface area contributed by atoms with Crippen molar-refractivity contribution in [2.24, 2.45) is 5.92 Å². The maximum absolute atomic E-state index is 11.8. The Balaban J connectivity index is 1.66. The molecular formula is C17H25N3O2. The second-order valence-electron chi connectivity index (χ2n) is 5.78. The topological polar surface area (TPSA) is 70.2 Å². The molecule has 1 aliphatic rings. The van der Waals surface area contributed by atoms with Crippen molar-refractivity contribution in [2.45, 2.75) is 32.6 Å². The van der Waals surface area contributed by atoms with Crippen molar-refractivity contribution in [2.75, 3.05) is 25.0 Å². The van der Waals surface area contributed by atoms with Crippen LogP contribution in [0, 0.1) is 5.92 Å². The summed E-state index contributed by atoms with van der Waals surface area (Å²) in [4.78, 5) is 23.6. The molecule has 0 spiro atoms. The van der Waals surface area contributed by atoms with Gasteiger partial charge in [-0.3, -0.25) is 9.59 Å². The molecule has 0 bridgehead atoms. The maximum atomic E-state index is 11.8. The third kappa shape index (κ3) is 5.48. The largest absolute Gasteiger partial charge is 0.347 e. The number of rotatable bonds is 7. The smallest absolute Gasteiger partial charge is 0.243 e. The summed E-state index contributed by atoms with van der Waals surface area (Å²) in [6.07, 6.45) is 3.45. The Labute approximate surface area is 131 Å². The number of hydrogen-bond acceptors (Lipinski definition) is 3. The van der Waals surface area contributed by atoms with Gasteiger partial charge in [-0.05, 0) is 56.0 Å². The molecule has 1 unspecified atom stereocenters. The molecule has 1 aliphatic heterocycles. The lowest BCUT2D eigenvalue weighted by Crippen LogP contribution is -2.33. The van der Waals surface area contributed by atoms with Gasteiger partial charge in [0.1, 0.15) is 0 Å². The SMILES string of the molecule is CCc1cccc(NC(=O)CNC(=O)CCC2CCNC2)c1. The lowest BCUT2D eigenvalue weighted by molar-refractivity contribution is -0.124. The molecule has 120 valence electrons. The van der Waals surface area contributed by atoms with Crippen LogP contribution >= 0.6 is 0 Å². The third-order valence-electron chi connectivity index (χ3n) is 4.01. The highest BCUT2D eigenvalue weighted by Gasteiger charge is 2.15. The Kier molecular flexibility index (Phi) is 6.40. The molecule has 1 atom stereocenters. The fourth-order valence-corrected chi connectivity index (χ4v) is 2.64. The van der Waals surface area contributed by atoms with Gasteiger partial charge in [0.05, 0.1) is 6.54 Å². The first kappa shape index (κ1) is 16.5. The van der Waals surface area contributed by atoms with Gasteiger partial charge in [-0.15, -0.1) is 0 Å². The first-order valence-electron chi connectivity index (χ1n) is 8.03. The van der Waals surface area contributed by atoms with E-state index in [2.05, 4.69) is 22.9 Å². The molecule has 2 rings (SSSR count). The molecule has 0 radical (unpaired) electrons. The summed E-state index contributed by atoms with van der Waals surface area (Å²) in [6.45, 7) is 4.15. The summed E-state index contributed by atoms with van der Waals surface area (Å²) in [5.41, 5.74) is 1.95. The van der Waals surface area contributed by atoms with Crippen LogP contribution in [0.15, 0.2) is 24.3 Å². The number of amides is 2. The second kappa shape index (κ2) is 8.54. The average molecular weight is 303 g/mol. The van der Waals surface area contributed by atoms with Gasteiger partial charge >= 0.3 is 0 Å². The van der Waals surface area contributed by atoms with Crippen molar-refractivity contribution in [1.82, 2.24) is 10.6 Å². The summed E-state index contributed by atoms with van der Waals surface area (Å²) in [5, 5.41) is 8.78. The molecule has 0 aliphatic carbocycles.